The normalized spacial score (nSPS) is 25.1. The Hall–Kier alpha value is -0.770. The molecule has 0 radical (unpaired) electrons. The monoisotopic (exact) mass is 399 g/mol. The van der Waals surface area contributed by atoms with Crippen LogP contribution in [0.3, 0.4) is 0 Å². The van der Waals surface area contributed by atoms with E-state index < -0.39 is 30.5 Å². The van der Waals surface area contributed by atoms with Crippen LogP contribution in [-0.2, 0) is 14.3 Å². The molecule has 25 heavy (non-hydrogen) atoms. The lowest BCUT2D eigenvalue weighted by Gasteiger charge is -2.43. The van der Waals surface area contributed by atoms with Gasteiger partial charge in [0, 0.05) is 25.5 Å². The summed E-state index contributed by atoms with van der Waals surface area (Å²) in [7, 11) is 0. The second-order valence-electron chi connectivity index (χ2n) is 6.30. The van der Waals surface area contributed by atoms with Gasteiger partial charge in [-0.15, -0.1) is 23.2 Å². The third-order valence-corrected chi connectivity index (χ3v) is 5.02. The fourth-order valence-corrected chi connectivity index (χ4v) is 3.62. The zero-order valence-corrected chi connectivity index (χ0v) is 15.5. The SMILES string of the molecule is O=C1OC(C(O)CO)C(O)=C1OC[N+]1(CCCl)CCN(CCCl)CC1. The van der Waals surface area contributed by atoms with Gasteiger partial charge in [-0.1, -0.05) is 0 Å². The number of quaternary nitrogens is 1. The van der Waals surface area contributed by atoms with Gasteiger partial charge >= 0.3 is 5.97 Å². The molecule has 0 aromatic heterocycles. The standard InChI is InChI=1S/C15H24Cl2N2O6/c16-1-3-18-4-7-19(6-2-17,8-5-18)10-24-14-12(22)13(11(21)9-20)25-15(14)23/h11,13,20-21H,1-10H2/p+1. The summed E-state index contributed by atoms with van der Waals surface area (Å²) in [6.07, 6.45) is -2.69. The number of carbonyl (C=O) groups excluding carboxylic acids is 1. The number of piperazine rings is 1. The Bertz CT molecular complexity index is 496. The van der Waals surface area contributed by atoms with Crippen LogP contribution >= 0.6 is 23.2 Å². The number of esters is 1. The molecule has 2 heterocycles. The van der Waals surface area contributed by atoms with Gasteiger partial charge in [-0.2, -0.15) is 0 Å². The lowest BCUT2D eigenvalue weighted by atomic mass is 10.2. The molecule has 144 valence electrons. The van der Waals surface area contributed by atoms with Crippen molar-refractivity contribution in [2.24, 2.45) is 0 Å². The number of aliphatic hydroxyl groups excluding tert-OH is 3. The first kappa shape index (κ1) is 20.5. The fourth-order valence-electron chi connectivity index (χ4n) is 3.02. The number of hydrogen-bond acceptors (Lipinski definition) is 7. The Balaban J connectivity index is 2.01. The minimum atomic E-state index is -1.39. The van der Waals surface area contributed by atoms with E-state index in [4.69, 9.17) is 37.8 Å². The zero-order valence-electron chi connectivity index (χ0n) is 13.9. The number of ether oxygens (including phenoxy) is 2. The second kappa shape index (κ2) is 9.25. The fraction of sp³-hybridized carbons (Fsp3) is 0.800. The minimum Gasteiger partial charge on any atom is -0.505 e. The van der Waals surface area contributed by atoms with Crippen molar-refractivity contribution in [1.82, 2.24) is 4.90 Å². The Morgan fingerprint density at radius 3 is 2.56 bits per heavy atom. The maximum atomic E-state index is 11.9. The van der Waals surface area contributed by atoms with Crippen LogP contribution in [-0.4, -0.2) is 107 Å². The first-order chi connectivity index (χ1) is 12.0. The highest BCUT2D eigenvalue weighted by Crippen LogP contribution is 2.25. The van der Waals surface area contributed by atoms with Crippen LogP contribution in [0.5, 0.6) is 0 Å². The molecule has 10 heteroatoms. The predicted molar refractivity (Wildman–Crippen MR) is 91.3 cm³/mol. The van der Waals surface area contributed by atoms with Crippen molar-refractivity contribution in [3.63, 3.8) is 0 Å². The van der Waals surface area contributed by atoms with Crippen LogP contribution in [0.15, 0.2) is 11.5 Å². The first-order valence-electron chi connectivity index (χ1n) is 8.21. The number of rotatable bonds is 9. The molecule has 2 aliphatic heterocycles. The third-order valence-electron chi connectivity index (χ3n) is 4.68. The zero-order chi connectivity index (χ0) is 18.4. The summed E-state index contributed by atoms with van der Waals surface area (Å²) in [5, 5.41) is 28.6. The van der Waals surface area contributed by atoms with Crippen molar-refractivity contribution in [2.45, 2.75) is 12.2 Å². The van der Waals surface area contributed by atoms with Crippen molar-refractivity contribution in [3.05, 3.63) is 11.5 Å². The van der Waals surface area contributed by atoms with Crippen LogP contribution in [0.4, 0.5) is 0 Å². The Morgan fingerprint density at radius 1 is 1.32 bits per heavy atom. The molecule has 0 saturated carbocycles. The predicted octanol–water partition coefficient (Wildman–Crippen LogP) is -0.381. The quantitative estimate of drug-likeness (QED) is 0.276. The topological polar surface area (TPSA) is 99.5 Å². The van der Waals surface area contributed by atoms with Crippen LogP contribution < -0.4 is 0 Å². The number of alkyl halides is 2. The van der Waals surface area contributed by atoms with E-state index in [1.54, 1.807) is 0 Å². The molecule has 3 N–H and O–H groups in total. The molecule has 8 nitrogen and oxygen atoms in total. The van der Waals surface area contributed by atoms with Gasteiger partial charge in [0.15, 0.2) is 11.9 Å². The lowest BCUT2D eigenvalue weighted by Crippen LogP contribution is -2.61. The molecule has 2 unspecified atom stereocenters. The number of carbonyl (C=O) groups is 1. The summed E-state index contributed by atoms with van der Waals surface area (Å²) < 4.78 is 11.0. The summed E-state index contributed by atoms with van der Waals surface area (Å²) in [5.41, 5.74) is 0. The molecule has 2 atom stereocenters. The van der Waals surface area contributed by atoms with Gasteiger partial charge in [0.2, 0.25) is 6.73 Å². The summed E-state index contributed by atoms with van der Waals surface area (Å²) >= 11 is 11.7. The average molecular weight is 400 g/mol. The van der Waals surface area contributed by atoms with Gasteiger partial charge < -0.3 is 24.8 Å². The molecule has 0 aromatic rings. The van der Waals surface area contributed by atoms with Gasteiger partial charge in [-0.25, -0.2) is 4.79 Å². The summed E-state index contributed by atoms with van der Waals surface area (Å²) in [6.45, 7) is 4.27. The minimum absolute atomic E-state index is 0.165. The van der Waals surface area contributed by atoms with Gasteiger partial charge in [-0.3, -0.25) is 9.38 Å². The first-order valence-corrected chi connectivity index (χ1v) is 9.28. The molecule has 0 aromatic carbocycles. The van der Waals surface area contributed by atoms with Crippen molar-refractivity contribution in [3.8, 4) is 0 Å². The Labute approximate surface area is 156 Å². The molecule has 1 saturated heterocycles. The van der Waals surface area contributed by atoms with E-state index in [0.717, 1.165) is 32.7 Å². The van der Waals surface area contributed by atoms with E-state index in [9.17, 15) is 15.0 Å². The molecule has 0 spiro atoms. The van der Waals surface area contributed by atoms with Crippen LogP contribution in [0.2, 0.25) is 0 Å². The average Bonchev–Trinajstić information content (AvgIpc) is 2.89. The van der Waals surface area contributed by atoms with Crippen molar-refractivity contribution < 1.29 is 34.1 Å². The highest BCUT2D eigenvalue weighted by atomic mass is 35.5. The highest BCUT2D eigenvalue weighted by molar-refractivity contribution is 6.18. The molecular formula is C15H25Cl2N2O6+. The molecule has 2 rings (SSSR count). The molecule has 0 amide bonds. The number of hydrogen-bond donors (Lipinski definition) is 3. The molecule has 1 fully saturated rings. The molecule has 0 aliphatic carbocycles. The summed E-state index contributed by atoms with van der Waals surface area (Å²) in [5.74, 6) is -0.628. The van der Waals surface area contributed by atoms with Crippen LogP contribution in [0.25, 0.3) is 0 Å². The number of halogens is 2. The van der Waals surface area contributed by atoms with E-state index >= 15 is 0 Å². The number of cyclic esters (lactones) is 1. The third kappa shape index (κ3) is 4.90. The van der Waals surface area contributed by atoms with E-state index in [2.05, 4.69) is 4.90 Å². The van der Waals surface area contributed by atoms with Gasteiger partial charge in [0.1, 0.15) is 6.10 Å². The Kier molecular flexibility index (Phi) is 7.60. The lowest BCUT2D eigenvalue weighted by molar-refractivity contribution is -0.946. The maximum Gasteiger partial charge on any atom is 0.378 e. The van der Waals surface area contributed by atoms with Gasteiger partial charge in [-0.05, 0) is 0 Å². The smallest absolute Gasteiger partial charge is 0.378 e. The second-order valence-corrected chi connectivity index (χ2v) is 7.05. The molecule has 2 aliphatic rings. The van der Waals surface area contributed by atoms with Crippen LogP contribution in [0.1, 0.15) is 0 Å². The highest BCUT2D eigenvalue weighted by Gasteiger charge is 2.42. The van der Waals surface area contributed by atoms with Crippen molar-refractivity contribution in [1.29, 1.82) is 0 Å². The summed E-state index contributed by atoms with van der Waals surface area (Å²) in [6, 6.07) is 0. The van der Waals surface area contributed by atoms with E-state index in [0.29, 0.717) is 22.8 Å². The van der Waals surface area contributed by atoms with E-state index in [1.807, 2.05) is 0 Å². The van der Waals surface area contributed by atoms with E-state index in [-0.39, 0.29) is 12.5 Å². The van der Waals surface area contributed by atoms with Gasteiger partial charge in [0.05, 0.1) is 32.1 Å². The van der Waals surface area contributed by atoms with E-state index in [1.165, 1.54) is 0 Å². The molecule has 0 bridgehead atoms. The number of aliphatic hydroxyl groups is 3. The molecular weight excluding hydrogens is 375 g/mol. The van der Waals surface area contributed by atoms with Gasteiger partial charge in [0.25, 0.3) is 5.76 Å². The van der Waals surface area contributed by atoms with Crippen molar-refractivity contribution >= 4 is 29.2 Å². The summed E-state index contributed by atoms with van der Waals surface area (Å²) in [4.78, 5) is 14.1. The van der Waals surface area contributed by atoms with Crippen LogP contribution in [0, 0.1) is 0 Å². The Morgan fingerprint density at radius 2 is 2.00 bits per heavy atom. The maximum absolute atomic E-state index is 11.9. The van der Waals surface area contributed by atoms with Crippen molar-refractivity contribution in [2.75, 3.05) is 64.4 Å². The largest absolute Gasteiger partial charge is 0.505 e. The number of nitrogens with zero attached hydrogens (tertiary/aromatic N) is 2.